The molecular formula is C11H17N3O3. The van der Waals surface area contributed by atoms with Gasteiger partial charge in [0.25, 0.3) is 0 Å². The Balaban J connectivity index is 2.03. The van der Waals surface area contributed by atoms with Crippen LogP contribution in [-0.2, 0) is 14.4 Å². The highest BCUT2D eigenvalue weighted by molar-refractivity contribution is 6.02. The predicted molar refractivity (Wildman–Crippen MR) is 59.7 cm³/mol. The van der Waals surface area contributed by atoms with Gasteiger partial charge in [0.1, 0.15) is 13.1 Å². The molecule has 0 aromatic heterocycles. The molecule has 1 saturated heterocycles. The van der Waals surface area contributed by atoms with Crippen LogP contribution in [0.3, 0.4) is 0 Å². The maximum atomic E-state index is 12.2. The highest BCUT2D eigenvalue weighted by atomic mass is 16.2. The van der Waals surface area contributed by atoms with E-state index in [2.05, 4.69) is 5.32 Å². The summed E-state index contributed by atoms with van der Waals surface area (Å²) >= 11 is 0. The van der Waals surface area contributed by atoms with Gasteiger partial charge in [-0.1, -0.05) is 12.8 Å². The van der Waals surface area contributed by atoms with Crippen molar-refractivity contribution in [2.75, 3.05) is 13.1 Å². The van der Waals surface area contributed by atoms with Gasteiger partial charge in [0, 0.05) is 6.04 Å². The lowest BCUT2D eigenvalue weighted by Crippen LogP contribution is -2.56. The average Bonchev–Trinajstić information content (AvgIpc) is 2.27. The highest BCUT2D eigenvalue weighted by Gasteiger charge is 2.35. The first-order chi connectivity index (χ1) is 8.08. The maximum absolute atomic E-state index is 12.2. The Morgan fingerprint density at radius 3 is 2.35 bits per heavy atom. The van der Waals surface area contributed by atoms with Crippen LogP contribution in [0.25, 0.3) is 0 Å². The summed E-state index contributed by atoms with van der Waals surface area (Å²) < 4.78 is 0. The fourth-order valence-electron chi connectivity index (χ4n) is 2.49. The van der Waals surface area contributed by atoms with Gasteiger partial charge in [-0.2, -0.15) is 0 Å². The third-order valence-electron chi connectivity index (χ3n) is 3.40. The Morgan fingerprint density at radius 1 is 1.18 bits per heavy atom. The van der Waals surface area contributed by atoms with Crippen molar-refractivity contribution in [3.8, 4) is 0 Å². The second kappa shape index (κ2) is 4.83. The lowest BCUT2D eigenvalue weighted by molar-refractivity contribution is -0.148. The molecule has 1 saturated carbocycles. The molecule has 94 valence electrons. The van der Waals surface area contributed by atoms with E-state index in [1.54, 1.807) is 0 Å². The van der Waals surface area contributed by atoms with Gasteiger partial charge in [-0.25, -0.2) is 0 Å². The first-order valence-corrected chi connectivity index (χ1v) is 5.95. The molecule has 0 aromatic rings. The van der Waals surface area contributed by atoms with Crippen molar-refractivity contribution < 1.29 is 14.4 Å². The third-order valence-corrected chi connectivity index (χ3v) is 3.40. The minimum absolute atomic E-state index is 0.0339. The second-order valence-electron chi connectivity index (χ2n) is 4.72. The minimum atomic E-state index is -0.418. The molecule has 1 heterocycles. The first-order valence-electron chi connectivity index (χ1n) is 5.95. The van der Waals surface area contributed by atoms with Crippen LogP contribution in [0.2, 0.25) is 0 Å². The lowest BCUT2D eigenvalue weighted by atomic mass is 9.84. The number of nitrogens with one attached hydrogen (secondary N) is 1. The Hall–Kier alpha value is -1.43. The summed E-state index contributed by atoms with van der Waals surface area (Å²) in [4.78, 5) is 35.9. The van der Waals surface area contributed by atoms with E-state index in [-0.39, 0.29) is 31.0 Å². The number of amides is 3. The second-order valence-corrected chi connectivity index (χ2v) is 4.72. The molecule has 6 nitrogen and oxygen atoms in total. The number of rotatable bonds is 1. The molecule has 3 N–H and O–H groups in total. The summed E-state index contributed by atoms with van der Waals surface area (Å²) in [7, 11) is 0. The molecule has 2 unspecified atom stereocenters. The van der Waals surface area contributed by atoms with E-state index in [4.69, 9.17) is 5.73 Å². The van der Waals surface area contributed by atoms with E-state index in [0.29, 0.717) is 0 Å². The summed E-state index contributed by atoms with van der Waals surface area (Å²) in [6.45, 7) is -0.0679. The molecule has 0 aromatic carbocycles. The summed E-state index contributed by atoms with van der Waals surface area (Å²) in [6.07, 6.45) is 3.62. The van der Waals surface area contributed by atoms with Gasteiger partial charge in [-0.15, -0.1) is 0 Å². The Labute approximate surface area is 99.5 Å². The van der Waals surface area contributed by atoms with Crippen molar-refractivity contribution in [2.45, 2.75) is 31.7 Å². The van der Waals surface area contributed by atoms with Gasteiger partial charge in [-0.05, 0) is 12.8 Å². The molecule has 2 rings (SSSR count). The number of nitrogens with zero attached hydrogens (tertiary/aromatic N) is 1. The van der Waals surface area contributed by atoms with Crippen molar-refractivity contribution in [2.24, 2.45) is 11.7 Å². The van der Waals surface area contributed by atoms with Gasteiger partial charge in [0.15, 0.2) is 0 Å². The van der Waals surface area contributed by atoms with Gasteiger partial charge >= 0.3 is 0 Å². The molecule has 3 amide bonds. The number of carbonyl (C=O) groups excluding carboxylic acids is 3. The first kappa shape index (κ1) is 12.0. The smallest absolute Gasteiger partial charge is 0.246 e. The number of piperazine rings is 1. The van der Waals surface area contributed by atoms with Crippen LogP contribution in [0.1, 0.15) is 25.7 Å². The van der Waals surface area contributed by atoms with E-state index in [9.17, 15) is 14.4 Å². The van der Waals surface area contributed by atoms with Crippen molar-refractivity contribution >= 4 is 17.7 Å². The van der Waals surface area contributed by atoms with Crippen LogP contribution < -0.4 is 11.1 Å². The van der Waals surface area contributed by atoms with Gasteiger partial charge in [0.05, 0.1) is 5.92 Å². The van der Waals surface area contributed by atoms with E-state index in [1.165, 1.54) is 4.90 Å². The van der Waals surface area contributed by atoms with Crippen LogP contribution in [0.4, 0.5) is 0 Å². The highest BCUT2D eigenvalue weighted by Crippen LogP contribution is 2.24. The Kier molecular flexibility index (Phi) is 3.42. The van der Waals surface area contributed by atoms with E-state index >= 15 is 0 Å². The third kappa shape index (κ3) is 2.63. The molecule has 2 aliphatic rings. The quantitative estimate of drug-likeness (QED) is 0.573. The van der Waals surface area contributed by atoms with E-state index in [1.807, 2.05) is 0 Å². The Morgan fingerprint density at radius 2 is 1.76 bits per heavy atom. The summed E-state index contributed by atoms with van der Waals surface area (Å²) in [5, 5.41) is 2.18. The Bertz CT molecular complexity index is 340. The molecule has 0 spiro atoms. The predicted octanol–water partition coefficient (Wildman–Crippen LogP) is -1.01. The number of hydrogen-bond donors (Lipinski definition) is 2. The maximum Gasteiger partial charge on any atom is 0.246 e. The summed E-state index contributed by atoms with van der Waals surface area (Å²) in [5.41, 5.74) is 5.92. The molecular weight excluding hydrogens is 222 g/mol. The fourth-order valence-corrected chi connectivity index (χ4v) is 2.49. The van der Waals surface area contributed by atoms with Crippen LogP contribution in [-0.4, -0.2) is 41.8 Å². The van der Waals surface area contributed by atoms with Crippen molar-refractivity contribution in [1.82, 2.24) is 10.2 Å². The molecule has 1 aliphatic heterocycles. The zero-order valence-electron chi connectivity index (χ0n) is 9.65. The van der Waals surface area contributed by atoms with Crippen molar-refractivity contribution in [3.05, 3.63) is 0 Å². The molecule has 0 radical (unpaired) electrons. The number of hydrogen-bond acceptors (Lipinski definition) is 4. The average molecular weight is 239 g/mol. The molecule has 17 heavy (non-hydrogen) atoms. The zero-order valence-corrected chi connectivity index (χ0v) is 9.65. The van der Waals surface area contributed by atoms with Gasteiger partial charge < -0.3 is 10.6 Å². The minimum Gasteiger partial charge on any atom is -0.327 e. The summed E-state index contributed by atoms with van der Waals surface area (Å²) in [5.74, 6) is -1.22. The topological polar surface area (TPSA) is 92.5 Å². The van der Waals surface area contributed by atoms with Crippen LogP contribution in [0.5, 0.6) is 0 Å². The lowest BCUT2D eigenvalue weighted by Gasteiger charge is -2.33. The van der Waals surface area contributed by atoms with Gasteiger partial charge in [0.2, 0.25) is 17.7 Å². The van der Waals surface area contributed by atoms with Crippen molar-refractivity contribution in [1.29, 1.82) is 0 Å². The number of carbonyl (C=O) groups is 3. The fraction of sp³-hybridized carbons (Fsp3) is 0.727. The SMILES string of the molecule is NC1CCCCC1C(=O)N1CC(=O)NC(=O)C1. The normalized spacial score (nSPS) is 30.1. The standard InChI is InChI=1S/C11H17N3O3/c12-8-4-2-1-3-7(8)11(17)14-5-9(15)13-10(16)6-14/h7-8H,1-6,12H2,(H,13,15,16). The molecule has 2 fully saturated rings. The largest absolute Gasteiger partial charge is 0.327 e. The van der Waals surface area contributed by atoms with E-state index < -0.39 is 11.8 Å². The molecule has 0 bridgehead atoms. The van der Waals surface area contributed by atoms with Crippen LogP contribution in [0.15, 0.2) is 0 Å². The number of imide groups is 1. The van der Waals surface area contributed by atoms with Gasteiger partial charge in [-0.3, -0.25) is 19.7 Å². The monoisotopic (exact) mass is 239 g/mol. The number of nitrogens with two attached hydrogens (primary N) is 1. The summed E-state index contributed by atoms with van der Waals surface area (Å²) in [6, 6.07) is -0.142. The van der Waals surface area contributed by atoms with Crippen LogP contribution >= 0.6 is 0 Å². The van der Waals surface area contributed by atoms with Crippen LogP contribution in [0, 0.1) is 5.92 Å². The molecule has 6 heteroatoms. The van der Waals surface area contributed by atoms with E-state index in [0.717, 1.165) is 25.7 Å². The molecule has 1 aliphatic carbocycles. The zero-order chi connectivity index (χ0) is 12.4. The van der Waals surface area contributed by atoms with Crippen molar-refractivity contribution in [3.63, 3.8) is 0 Å². The molecule has 2 atom stereocenters.